The molecule has 3 heteroatoms. The Balaban J connectivity index is 2.24. The van der Waals surface area contributed by atoms with E-state index in [2.05, 4.69) is 4.99 Å². The van der Waals surface area contributed by atoms with E-state index in [0.717, 1.165) is 21.2 Å². The van der Waals surface area contributed by atoms with Crippen molar-refractivity contribution in [3.63, 3.8) is 0 Å². The summed E-state index contributed by atoms with van der Waals surface area (Å²) in [5.41, 5.74) is 2.06. The van der Waals surface area contributed by atoms with Crippen LogP contribution >= 0.6 is 22.9 Å². The van der Waals surface area contributed by atoms with Crippen LogP contribution in [0.4, 0.5) is 5.69 Å². The van der Waals surface area contributed by atoms with Gasteiger partial charge in [0.25, 0.3) is 0 Å². The molecular weight excluding hydrogens is 226 g/mol. The predicted octanol–water partition coefficient (Wildman–Crippen LogP) is 4.46. The highest BCUT2D eigenvalue weighted by molar-refractivity contribution is 7.11. The van der Waals surface area contributed by atoms with Crippen LogP contribution in [0.5, 0.6) is 0 Å². The van der Waals surface area contributed by atoms with Crippen molar-refractivity contribution in [3.8, 4) is 0 Å². The van der Waals surface area contributed by atoms with Crippen molar-refractivity contribution in [2.75, 3.05) is 0 Å². The molecule has 0 aliphatic rings. The molecule has 2 rings (SSSR count). The standard InChI is InChI=1S/C12H10ClNS/c1-9-7-10(13)4-5-12(9)14-8-11-3-2-6-15-11/h2-8H,1H3. The van der Waals surface area contributed by atoms with Crippen molar-refractivity contribution in [1.82, 2.24) is 0 Å². The summed E-state index contributed by atoms with van der Waals surface area (Å²) < 4.78 is 0. The minimum absolute atomic E-state index is 0.752. The van der Waals surface area contributed by atoms with Crippen LogP contribution in [0.25, 0.3) is 0 Å². The normalized spacial score (nSPS) is 11.1. The fraction of sp³-hybridized carbons (Fsp3) is 0.0833. The van der Waals surface area contributed by atoms with Gasteiger partial charge in [0.2, 0.25) is 0 Å². The first kappa shape index (κ1) is 10.4. The van der Waals surface area contributed by atoms with Crippen molar-refractivity contribution in [1.29, 1.82) is 0 Å². The largest absolute Gasteiger partial charge is 0.255 e. The summed E-state index contributed by atoms with van der Waals surface area (Å²) in [6.07, 6.45) is 1.88. The van der Waals surface area contributed by atoms with Gasteiger partial charge in [-0.05, 0) is 42.1 Å². The van der Waals surface area contributed by atoms with Gasteiger partial charge >= 0.3 is 0 Å². The number of benzene rings is 1. The minimum atomic E-state index is 0.752. The Labute approximate surface area is 98.1 Å². The molecule has 0 amide bonds. The molecular formula is C12H10ClNS. The SMILES string of the molecule is Cc1cc(Cl)ccc1N=Cc1cccs1. The maximum Gasteiger partial charge on any atom is 0.0660 e. The van der Waals surface area contributed by atoms with E-state index < -0.39 is 0 Å². The minimum Gasteiger partial charge on any atom is -0.255 e. The average Bonchev–Trinajstić information content (AvgIpc) is 2.69. The van der Waals surface area contributed by atoms with E-state index in [1.807, 2.05) is 48.9 Å². The van der Waals surface area contributed by atoms with Gasteiger partial charge in [0.15, 0.2) is 0 Å². The molecule has 0 spiro atoms. The number of thiophene rings is 1. The Bertz CT molecular complexity index is 474. The summed E-state index contributed by atoms with van der Waals surface area (Å²) in [4.78, 5) is 5.57. The van der Waals surface area contributed by atoms with Gasteiger partial charge in [0, 0.05) is 16.1 Å². The first-order valence-corrected chi connectivity index (χ1v) is 5.85. The second-order valence-corrected chi connectivity index (χ2v) is 4.62. The van der Waals surface area contributed by atoms with Crippen molar-refractivity contribution < 1.29 is 0 Å². The molecule has 0 radical (unpaired) electrons. The molecule has 0 bridgehead atoms. The lowest BCUT2D eigenvalue weighted by Gasteiger charge is -1.99. The Morgan fingerprint density at radius 2 is 2.20 bits per heavy atom. The first-order chi connectivity index (χ1) is 7.25. The molecule has 76 valence electrons. The molecule has 2 aromatic rings. The highest BCUT2D eigenvalue weighted by Crippen LogP contribution is 2.22. The molecule has 0 aliphatic carbocycles. The molecule has 0 saturated heterocycles. The molecule has 0 fully saturated rings. The highest BCUT2D eigenvalue weighted by Gasteiger charge is 1.96. The predicted molar refractivity (Wildman–Crippen MR) is 67.8 cm³/mol. The van der Waals surface area contributed by atoms with Crippen LogP contribution in [0.2, 0.25) is 5.02 Å². The number of aliphatic imine (C=N–C) groups is 1. The third kappa shape index (κ3) is 2.67. The van der Waals surface area contributed by atoms with Gasteiger partial charge in [-0.25, -0.2) is 0 Å². The number of rotatable bonds is 2. The zero-order valence-corrected chi connectivity index (χ0v) is 9.85. The summed E-state index contributed by atoms with van der Waals surface area (Å²) in [5.74, 6) is 0. The summed E-state index contributed by atoms with van der Waals surface area (Å²) >= 11 is 7.54. The van der Waals surface area contributed by atoms with E-state index in [4.69, 9.17) is 11.6 Å². The third-order valence-corrected chi connectivity index (χ3v) is 3.07. The second-order valence-electron chi connectivity index (χ2n) is 3.20. The van der Waals surface area contributed by atoms with Gasteiger partial charge in [-0.15, -0.1) is 11.3 Å². The molecule has 0 N–H and O–H groups in total. The third-order valence-electron chi connectivity index (χ3n) is 2.03. The van der Waals surface area contributed by atoms with Crippen LogP contribution in [-0.4, -0.2) is 6.21 Å². The number of hydrogen-bond acceptors (Lipinski definition) is 2. The van der Waals surface area contributed by atoms with E-state index >= 15 is 0 Å². The van der Waals surface area contributed by atoms with Crippen molar-refractivity contribution in [2.45, 2.75) is 6.92 Å². The van der Waals surface area contributed by atoms with Crippen molar-refractivity contribution in [2.24, 2.45) is 4.99 Å². The smallest absolute Gasteiger partial charge is 0.0660 e. The summed E-state index contributed by atoms with van der Waals surface area (Å²) in [6.45, 7) is 2.01. The molecule has 1 heterocycles. The summed E-state index contributed by atoms with van der Waals surface area (Å²) in [7, 11) is 0. The maximum atomic E-state index is 5.87. The van der Waals surface area contributed by atoms with E-state index in [9.17, 15) is 0 Å². The number of hydrogen-bond donors (Lipinski definition) is 0. The van der Waals surface area contributed by atoms with Gasteiger partial charge < -0.3 is 0 Å². The van der Waals surface area contributed by atoms with Crippen LogP contribution in [0.15, 0.2) is 40.7 Å². The van der Waals surface area contributed by atoms with Gasteiger partial charge in [0.05, 0.1) is 5.69 Å². The maximum absolute atomic E-state index is 5.87. The highest BCUT2D eigenvalue weighted by atomic mass is 35.5. The van der Waals surface area contributed by atoms with Crippen molar-refractivity contribution >= 4 is 34.8 Å². The summed E-state index contributed by atoms with van der Waals surface area (Å²) in [6, 6.07) is 9.76. The molecule has 1 aromatic heterocycles. The van der Waals surface area contributed by atoms with E-state index in [0.29, 0.717) is 0 Å². The monoisotopic (exact) mass is 235 g/mol. The first-order valence-electron chi connectivity index (χ1n) is 4.59. The second kappa shape index (κ2) is 4.60. The Kier molecular flexibility index (Phi) is 3.19. The number of aryl methyl sites for hydroxylation is 1. The van der Waals surface area contributed by atoms with Crippen LogP contribution in [-0.2, 0) is 0 Å². The lowest BCUT2D eigenvalue weighted by molar-refractivity contribution is 1.41. The van der Waals surface area contributed by atoms with Crippen LogP contribution < -0.4 is 0 Å². The van der Waals surface area contributed by atoms with Crippen LogP contribution in [0.1, 0.15) is 10.4 Å². The Morgan fingerprint density at radius 3 is 2.87 bits per heavy atom. The average molecular weight is 236 g/mol. The lowest BCUT2D eigenvalue weighted by Crippen LogP contribution is -1.76. The van der Waals surface area contributed by atoms with Gasteiger partial charge in [0.1, 0.15) is 0 Å². The van der Waals surface area contributed by atoms with E-state index in [-0.39, 0.29) is 0 Å². The Morgan fingerprint density at radius 1 is 1.33 bits per heavy atom. The fourth-order valence-corrected chi connectivity index (χ4v) is 2.07. The quantitative estimate of drug-likeness (QED) is 0.682. The summed E-state index contributed by atoms with van der Waals surface area (Å²) in [5, 5.41) is 2.79. The van der Waals surface area contributed by atoms with E-state index in [1.54, 1.807) is 11.3 Å². The zero-order valence-electron chi connectivity index (χ0n) is 8.27. The number of nitrogens with zero attached hydrogens (tertiary/aromatic N) is 1. The molecule has 0 saturated carbocycles. The molecule has 1 nitrogen and oxygen atoms in total. The molecule has 1 aromatic carbocycles. The Hall–Kier alpha value is -1.12. The number of halogens is 1. The van der Waals surface area contributed by atoms with Crippen molar-refractivity contribution in [3.05, 3.63) is 51.2 Å². The lowest BCUT2D eigenvalue weighted by atomic mass is 10.2. The van der Waals surface area contributed by atoms with Gasteiger partial charge in [-0.1, -0.05) is 17.7 Å². The fourth-order valence-electron chi connectivity index (χ4n) is 1.26. The topological polar surface area (TPSA) is 12.4 Å². The molecule has 15 heavy (non-hydrogen) atoms. The van der Waals surface area contributed by atoms with E-state index in [1.165, 1.54) is 0 Å². The van der Waals surface area contributed by atoms with Crippen LogP contribution in [0, 0.1) is 6.92 Å². The van der Waals surface area contributed by atoms with Gasteiger partial charge in [-0.2, -0.15) is 0 Å². The molecule has 0 aliphatic heterocycles. The zero-order chi connectivity index (χ0) is 10.7. The van der Waals surface area contributed by atoms with Crippen LogP contribution in [0.3, 0.4) is 0 Å². The van der Waals surface area contributed by atoms with Gasteiger partial charge in [-0.3, -0.25) is 4.99 Å². The molecule has 0 unspecified atom stereocenters. The molecule has 0 atom stereocenters.